The number of aliphatic carboxylic acids is 1. The van der Waals surface area contributed by atoms with E-state index >= 15 is 0 Å². The molecule has 33 heavy (non-hydrogen) atoms. The lowest BCUT2D eigenvalue weighted by Crippen LogP contribution is -2.55. The number of carboxylic acids is 1. The first-order valence-electron chi connectivity index (χ1n) is 11.8. The standard InChI is InChI=1S/C25H34N2O6/c1-3-33-24(32)18(14-20(28)17-10-6-4-7-11-17)26-16(2)21(29)22-25(12-8-5-9-13-25)15-19(27-22)23(30)31/h4,6-7,10-11,16,18-19,22,26-27H,3,5,8-9,12-15H2,1-2H3,(H,30,31)/t16-,18?,19?,22?/m0/s1. The quantitative estimate of drug-likeness (QED) is 0.361. The normalized spacial score (nSPS) is 23.6. The Morgan fingerprint density at radius 3 is 2.42 bits per heavy atom. The van der Waals surface area contributed by atoms with E-state index in [2.05, 4.69) is 10.6 Å². The number of esters is 1. The Balaban J connectivity index is 1.75. The van der Waals surface area contributed by atoms with Crippen molar-refractivity contribution in [2.24, 2.45) is 5.41 Å². The van der Waals surface area contributed by atoms with Crippen LogP contribution in [0.5, 0.6) is 0 Å². The first kappa shape index (κ1) is 25.1. The third kappa shape index (κ3) is 5.86. The predicted molar refractivity (Wildman–Crippen MR) is 122 cm³/mol. The smallest absolute Gasteiger partial charge is 0.323 e. The summed E-state index contributed by atoms with van der Waals surface area (Å²) in [6.45, 7) is 3.50. The van der Waals surface area contributed by atoms with Gasteiger partial charge in [0.05, 0.1) is 18.7 Å². The first-order valence-corrected chi connectivity index (χ1v) is 11.8. The average molecular weight is 459 g/mol. The van der Waals surface area contributed by atoms with Crippen molar-refractivity contribution in [1.29, 1.82) is 0 Å². The number of hydrogen-bond donors (Lipinski definition) is 3. The van der Waals surface area contributed by atoms with E-state index in [9.17, 15) is 24.3 Å². The molecule has 1 spiro atoms. The van der Waals surface area contributed by atoms with Crippen molar-refractivity contribution >= 4 is 23.5 Å². The number of Topliss-reactive ketones (excluding diaryl/α,β-unsaturated/α-hetero) is 2. The van der Waals surface area contributed by atoms with Gasteiger partial charge in [0, 0.05) is 12.0 Å². The molecule has 180 valence electrons. The Hall–Kier alpha value is -2.58. The SMILES string of the molecule is CCOC(=O)C(CC(=O)c1ccccc1)N[C@@H](C)C(=O)C1NC(C(=O)O)CC12CCCCC2. The molecular formula is C25H34N2O6. The highest BCUT2D eigenvalue weighted by molar-refractivity contribution is 5.99. The van der Waals surface area contributed by atoms with E-state index in [-0.39, 0.29) is 30.0 Å². The fourth-order valence-electron chi connectivity index (χ4n) is 5.27. The minimum atomic E-state index is -0.976. The number of ketones is 2. The molecule has 1 saturated carbocycles. The topological polar surface area (TPSA) is 122 Å². The molecule has 3 N–H and O–H groups in total. The number of benzene rings is 1. The Bertz CT molecular complexity index is 865. The fourth-order valence-corrected chi connectivity index (χ4v) is 5.27. The minimum Gasteiger partial charge on any atom is -0.480 e. The average Bonchev–Trinajstić information content (AvgIpc) is 3.17. The molecule has 1 aliphatic heterocycles. The maximum Gasteiger partial charge on any atom is 0.323 e. The van der Waals surface area contributed by atoms with Crippen LogP contribution in [-0.2, 0) is 19.1 Å². The molecular weight excluding hydrogens is 424 g/mol. The zero-order chi connectivity index (χ0) is 24.0. The zero-order valence-corrected chi connectivity index (χ0v) is 19.3. The first-order chi connectivity index (χ1) is 15.8. The molecule has 2 fully saturated rings. The lowest BCUT2D eigenvalue weighted by molar-refractivity contribution is -0.146. The zero-order valence-electron chi connectivity index (χ0n) is 19.3. The van der Waals surface area contributed by atoms with Crippen molar-refractivity contribution in [2.75, 3.05) is 6.61 Å². The van der Waals surface area contributed by atoms with Gasteiger partial charge in [-0.15, -0.1) is 0 Å². The summed E-state index contributed by atoms with van der Waals surface area (Å²) in [6, 6.07) is 5.57. The van der Waals surface area contributed by atoms with Crippen LogP contribution in [0.1, 0.15) is 69.2 Å². The maximum atomic E-state index is 13.5. The van der Waals surface area contributed by atoms with Gasteiger partial charge in [-0.25, -0.2) is 0 Å². The van der Waals surface area contributed by atoms with E-state index < -0.39 is 36.1 Å². The number of ether oxygens (including phenoxy) is 1. The second-order valence-corrected chi connectivity index (χ2v) is 9.21. The third-order valence-electron chi connectivity index (χ3n) is 6.96. The second-order valence-electron chi connectivity index (χ2n) is 9.21. The molecule has 1 aromatic rings. The number of carboxylic acid groups (broad SMARTS) is 1. The Morgan fingerprint density at radius 1 is 1.15 bits per heavy atom. The molecule has 0 bridgehead atoms. The van der Waals surface area contributed by atoms with Crippen molar-refractivity contribution in [2.45, 2.75) is 83.0 Å². The summed E-state index contributed by atoms with van der Waals surface area (Å²) in [5, 5.41) is 15.6. The molecule has 4 atom stereocenters. The molecule has 1 aromatic carbocycles. The Morgan fingerprint density at radius 2 is 1.82 bits per heavy atom. The summed E-state index contributed by atoms with van der Waals surface area (Å²) >= 11 is 0. The van der Waals surface area contributed by atoms with Crippen LogP contribution in [0.3, 0.4) is 0 Å². The van der Waals surface area contributed by atoms with Gasteiger partial charge in [-0.05, 0) is 38.5 Å². The van der Waals surface area contributed by atoms with Crippen molar-refractivity contribution in [3.8, 4) is 0 Å². The summed E-state index contributed by atoms with van der Waals surface area (Å²) in [5.74, 6) is -1.94. The molecule has 8 nitrogen and oxygen atoms in total. The van der Waals surface area contributed by atoms with Crippen LogP contribution >= 0.6 is 0 Å². The van der Waals surface area contributed by atoms with E-state index in [1.54, 1.807) is 44.2 Å². The largest absolute Gasteiger partial charge is 0.480 e. The number of nitrogens with one attached hydrogen (secondary N) is 2. The van der Waals surface area contributed by atoms with E-state index in [0.29, 0.717) is 12.0 Å². The van der Waals surface area contributed by atoms with Crippen LogP contribution in [-0.4, -0.2) is 59.4 Å². The lowest BCUT2D eigenvalue weighted by atomic mass is 9.67. The van der Waals surface area contributed by atoms with Gasteiger partial charge in [-0.1, -0.05) is 49.6 Å². The van der Waals surface area contributed by atoms with Crippen LogP contribution in [0.25, 0.3) is 0 Å². The second kappa shape index (κ2) is 11.0. The van der Waals surface area contributed by atoms with Gasteiger partial charge >= 0.3 is 11.9 Å². The summed E-state index contributed by atoms with van der Waals surface area (Å²) in [6.07, 6.45) is 4.93. The van der Waals surface area contributed by atoms with Crippen molar-refractivity contribution < 1.29 is 29.0 Å². The number of hydrogen-bond acceptors (Lipinski definition) is 7. The number of carbonyl (C=O) groups is 4. The molecule has 1 heterocycles. The van der Waals surface area contributed by atoms with Gasteiger partial charge in [0.15, 0.2) is 11.6 Å². The highest BCUT2D eigenvalue weighted by Crippen LogP contribution is 2.47. The summed E-state index contributed by atoms with van der Waals surface area (Å²) < 4.78 is 5.15. The molecule has 0 amide bonds. The van der Waals surface area contributed by atoms with Crippen LogP contribution in [0.15, 0.2) is 30.3 Å². The van der Waals surface area contributed by atoms with Crippen molar-refractivity contribution in [1.82, 2.24) is 10.6 Å². The van der Waals surface area contributed by atoms with Gasteiger partial charge in [0.25, 0.3) is 0 Å². The fraction of sp³-hybridized carbons (Fsp3) is 0.600. The molecule has 1 aliphatic carbocycles. The van der Waals surface area contributed by atoms with Gasteiger partial charge in [0.1, 0.15) is 12.1 Å². The van der Waals surface area contributed by atoms with Crippen LogP contribution in [0.4, 0.5) is 0 Å². The molecule has 2 aliphatic rings. The predicted octanol–water partition coefficient (Wildman–Crippen LogP) is 2.50. The molecule has 3 unspecified atom stereocenters. The molecule has 3 rings (SSSR count). The monoisotopic (exact) mass is 458 g/mol. The molecule has 8 heteroatoms. The van der Waals surface area contributed by atoms with Gasteiger partial charge in [-0.3, -0.25) is 29.8 Å². The van der Waals surface area contributed by atoms with E-state index in [4.69, 9.17) is 4.74 Å². The Kier molecular flexibility index (Phi) is 8.37. The Labute approximate surface area is 194 Å². The van der Waals surface area contributed by atoms with Gasteiger partial charge in [0.2, 0.25) is 0 Å². The van der Waals surface area contributed by atoms with Crippen LogP contribution in [0.2, 0.25) is 0 Å². The van der Waals surface area contributed by atoms with Crippen LogP contribution in [0, 0.1) is 5.41 Å². The van der Waals surface area contributed by atoms with Crippen LogP contribution < -0.4 is 10.6 Å². The third-order valence-corrected chi connectivity index (χ3v) is 6.96. The van der Waals surface area contributed by atoms with Gasteiger partial charge in [-0.2, -0.15) is 0 Å². The maximum absolute atomic E-state index is 13.5. The van der Waals surface area contributed by atoms with E-state index in [1.165, 1.54) is 0 Å². The molecule has 1 saturated heterocycles. The van der Waals surface area contributed by atoms with Gasteiger partial charge < -0.3 is 9.84 Å². The summed E-state index contributed by atoms with van der Waals surface area (Å²) in [7, 11) is 0. The number of rotatable bonds is 10. The molecule has 0 radical (unpaired) electrons. The van der Waals surface area contributed by atoms with E-state index in [0.717, 1.165) is 32.1 Å². The number of carbonyl (C=O) groups excluding carboxylic acids is 3. The van der Waals surface area contributed by atoms with E-state index in [1.807, 2.05) is 0 Å². The highest BCUT2D eigenvalue weighted by atomic mass is 16.5. The lowest BCUT2D eigenvalue weighted by Gasteiger charge is -2.38. The summed E-state index contributed by atoms with van der Waals surface area (Å²) in [5.41, 5.74) is 0.101. The minimum absolute atomic E-state index is 0.137. The highest BCUT2D eigenvalue weighted by Gasteiger charge is 2.53. The van der Waals surface area contributed by atoms with Crippen molar-refractivity contribution in [3.63, 3.8) is 0 Å². The van der Waals surface area contributed by atoms with Crippen molar-refractivity contribution in [3.05, 3.63) is 35.9 Å². The summed E-state index contributed by atoms with van der Waals surface area (Å²) in [4.78, 5) is 50.5. The molecule has 0 aromatic heterocycles.